The molecule has 1 aliphatic heterocycles. The molecule has 1 aromatic heterocycles. The number of nitriles is 1. The van der Waals surface area contributed by atoms with Gasteiger partial charge < -0.3 is 20.8 Å². The van der Waals surface area contributed by atoms with Crippen molar-refractivity contribution in [1.29, 1.82) is 5.26 Å². The summed E-state index contributed by atoms with van der Waals surface area (Å²) >= 11 is 0. The Balaban J connectivity index is 1.73. The van der Waals surface area contributed by atoms with E-state index in [9.17, 15) is 19.9 Å². The van der Waals surface area contributed by atoms with Crippen molar-refractivity contribution >= 4 is 17.3 Å². The fourth-order valence-corrected chi connectivity index (χ4v) is 3.74. The molecule has 0 amide bonds. The van der Waals surface area contributed by atoms with E-state index in [4.69, 9.17) is 0 Å². The number of aryl methyl sites for hydroxylation is 1. The number of nitrogens with one attached hydrogen (secondary N) is 2. The van der Waals surface area contributed by atoms with Gasteiger partial charge in [-0.05, 0) is 48.4 Å². The van der Waals surface area contributed by atoms with E-state index in [0.29, 0.717) is 35.0 Å². The van der Waals surface area contributed by atoms with Crippen LogP contribution in [0.3, 0.4) is 0 Å². The highest BCUT2D eigenvalue weighted by molar-refractivity contribution is 5.76. The Morgan fingerprint density at radius 1 is 1.29 bits per heavy atom. The molecule has 0 spiro atoms. The molecule has 31 heavy (non-hydrogen) atoms. The van der Waals surface area contributed by atoms with Crippen LogP contribution in [0.5, 0.6) is 0 Å². The van der Waals surface area contributed by atoms with Gasteiger partial charge in [0.25, 0.3) is 0 Å². The molecule has 8 heteroatoms. The van der Waals surface area contributed by atoms with Gasteiger partial charge in [-0.15, -0.1) is 0 Å². The van der Waals surface area contributed by atoms with Crippen LogP contribution in [-0.2, 0) is 12.0 Å². The molecule has 2 heterocycles. The predicted octanol–water partition coefficient (Wildman–Crippen LogP) is 3.37. The van der Waals surface area contributed by atoms with Crippen molar-refractivity contribution in [2.24, 2.45) is 0 Å². The predicted molar refractivity (Wildman–Crippen MR) is 115 cm³/mol. The van der Waals surface area contributed by atoms with Gasteiger partial charge in [-0.3, -0.25) is 0 Å². The fraction of sp³-hybridized carbons (Fsp3) is 0.261. The lowest BCUT2D eigenvalue weighted by atomic mass is 9.83. The van der Waals surface area contributed by atoms with Crippen LogP contribution >= 0.6 is 0 Å². The zero-order chi connectivity index (χ0) is 22.2. The number of halogens is 1. The number of benzene rings is 2. The molecule has 0 fully saturated rings. The minimum Gasteiger partial charge on any atom is -0.395 e. The minimum absolute atomic E-state index is 0.0467. The van der Waals surface area contributed by atoms with Gasteiger partial charge in [0.05, 0.1) is 30.2 Å². The lowest BCUT2D eigenvalue weighted by Crippen LogP contribution is -2.28. The van der Waals surface area contributed by atoms with Crippen LogP contribution in [0, 0.1) is 24.1 Å². The molecule has 4 rings (SSSR count). The number of hydrogen-bond donors (Lipinski definition) is 4. The van der Waals surface area contributed by atoms with E-state index >= 15 is 0 Å². The van der Waals surface area contributed by atoms with E-state index in [1.807, 2.05) is 13.0 Å². The molecule has 0 saturated carbocycles. The number of aliphatic hydroxyl groups is 2. The molecule has 158 valence electrons. The van der Waals surface area contributed by atoms with E-state index in [-0.39, 0.29) is 12.2 Å². The summed E-state index contributed by atoms with van der Waals surface area (Å²) in [5.74, 6) is -0.166. The van der Waals surface area contributed by atoms with Crippen molar-refractivity contribution in [3.05, 3.63) is 64.6 Å². The van der Waals surface area contributed by atoms with Crippen molar-refractivity contribution in [1.82, 2.24) is 9.97 Å². The molecule has 2 aromatic carbocycles. The number of fused-ring (bicyclic) bond motifs is 1. The zero-order valence-corrected chi connectivity index (χ0v) is 17.2. The Kier molecular flexibility index (Phi) is 5.31. The molecule has 0 bridgehead atoms. The first-order valence-corrected chi connectivity index (χ1v) is 9.82. The van der Waals surface area contributed by atoms with Crippen LogP contribution in [0.15, 0.2) is 36.5 Å². The van der Waals surface area contributed by atoms with Crippen LogP contribution in [0.2, 0.25) is 0 Å². The quantitative estimate of drug-likeness (QED) is 0.501. The van der Waals surface area contributed by atoms with Gasteiger partial charge in [0.1, 0.15) is 11.9 Å². The van der Waals surface area contributed by atoms with E-state index in [1.54, 1.807) is 25.3 Å². The summed E-state index contributed by atoms with van der Waals surface area (Å²) in [5.41, 5.74) is 4.37. The number of hydrogen-bond acceptors (Lipinski definition) is 7. The SMILES string of the molecule is Cc1cc(F)c(CO)cc1Nc1nccc(-c2cc(C#N)c3c(c2)[C@@](C)(CO)CN3)n1. The first-order valence-electron chi connectivity index (χ1n) is 9.82. The van der Waals surface area contributed by atoms with Gasteiger partial charge in [0.15, 0.2) is 0 Å². The van der Waals surface area contributed by atoms with Crippen molar-refractivity contribution in [2.75, 3.05) is 23.8 Å². The second-order valence-electron chi connectivity index (χ2n) is 7.94. The Labute approximate surface area is 179 Å². The Morgan fingerprint density at radius 3 is 2.81 bits per heavy atom. The summed E-state index contributed by atoms with van der Waals surface area (Å²) in [6, 6.07) is 10.5. The van der Waals surface area contributed by atoms with Crippen molar-refractivity contribution in [3.63, 3.8) is 0 Å². The average molecular weight is 419 g/mol. The molecule has 0 saturated heterocycles. The van der Waals surface area contributed by atoms with Gasteiger partial charge in [-0.1, -0.05) is 6.92 Å². The highest BCUT2D eigenvalue weighted by atomic mass is 19.1. The number of nitrogens with zero attached hydrogens (tertiary/aromatic N) is 3. The van der Waals surface area contributed by atoms with Gasteiger partial charge in [-0.2, -0.15) is 5.26 Å². The molecule has 1 aliphatic rings. The summed E-state index contributed by atoms with van der Waals surface area (Å²) in [6.45, 7) is 3.78. The maximum Gasteiger partial charge on any atom is 0.227 e. The van der Waals surface area contributed by atoms with Gasteiger partial charge >= 0.3 is 0 Å². The van der Waals surface area contributed by atoms with Crippen LogP contribution in [0.1, 0.15) is 29.2 Å². The Morgan fingerprint density at radius 2 is 2.10 bits per heavy atom. The van der Waals surface area contributed by atoms with E-state index in [1.165, 1.54) is 12.1 Å². The van der Waals surface area contributed by atoms with E-state index < -0.39 is 17.8 Å². The third-order valence-electron chi connectivity index (χ3n) is 5.67. The van der Waals surface area contributed by atoms with E-state index in [0.717, 1.165) is 16.8 Å². The minimum atomic E-state index is -0.489. The standard InChI is InChI=1S/C23H22FN5O2/c1-13-5-18(24)16(10-30)8-20(13)29-22-26-4-3-19(28-22)14-6-15(9-25)21-17(7-14)23(2,12-31)11-27-21/h3-8,27,30-31H,10-12H2,1-2H3,(H,26,28,29)/t23-/m1/s1. The van der Waals surface area contributed by atoms with Crippen molar-refractivity contribution in [2.45, 2.75) is 25.9 Å². The van der Waals surface area contributed by atoms with Gasteiger partial charge in [0.2, 0.25) is 5.95 Å². The summed E-state index contributed by atoms with van der Waals surface area (Å²) in [7, 11) is 0. The van der Waals surface area contributed by atoms with Crippen molar-refractivity contribution in [3.8, 4) is 17.3 Å². The van der Waals surface area contributed by atoms with Gasteiger partial charge in [-0.25, -0.2) is 14.4 Å². The second kappa shape index (κ2) is 7.95. The lowest BCUT2D eigenvalue weighted by molar-refractivity contribution is 0.219. The Hall–Kier alpha value is -3.54. The van der Waals surface area contributed by atoms with Gasteiger partial charge in [0, 0.05) is 35.0 Å². The fourth-order valence-electron chi connectivity index (χ4n) is 3.74. The molecular weight excluding hydrogens is 397 g/mol. The number of aliphatic hydroxyl groups excluding tert-OH is 2. The number of rotatable bonds is 5. The molecule has 0 aliphatic carbocycles. The van der Waals surface area contributed by atoms with Crippen LogP contribution in [-0.4, -0.2) is 33.3 Å². The number of aromatic nitrogens is 2. The summed E-state index contributed by atoms with van der Waals surface area (Å²) in [6.07, 6.45) is 1.60. The monoisotopic (exact) mass is 419 g/mol. The molecule has 1 atom stereocenters. The highest BCUT2D eigenvalue weighted by Gasteiger charge is 2.35. The normalized spacial score (nSPS) is 17.0. The molecule has 4 N–H and O–H groups in total. The topological polar surface area (TPSA) is 114 Å². The Bertz CT molecular complexity index is 1210. The largest absolute Gasteiger partial charge is 0.395 e. The smallest absolute Gasteiger partial charge is 0.227 e. The van der Waals surface area contributed by atoms with Crippen molar-refractivity contribution < 1.29 is 14.6 Å². The van der Waals surface area contributed by atoms with Crippen LogP contribution in [0.4, 0.5) is 21.7 Å². The average Bonchev–Trinajstić information content (AvgIpc) is 3.12. The molecule has 3 aromatic rings. The van der Waals surface area contributed by atoms with Crippen LogP contribution < -0.4 is 10.6 Å². The summed E-state index contributed by atoms with van der Waals surface area (Å²) in [5, 5.41) is 35.1. The lowest BCUT2D eigenvalue weighted by Gasteiger charge is -2.21. The third-order valence-corrected chi connectivity index (χ3v) is 5.67. The maximum atomic E-state index is 13.9. The first-order chi connectivity index (χ1) is 14.9. The summed E-state index contributed by atoms with van der Waals surface area (Å²) < 4.78 is 13.9. The highest BCUT2D eigenvalue weighted by Crippen LogP contribution is 2.41. The second-order valence-corrected chi connectivity index (χ2v) is 7.94. The summed E-state index contributed by atoms with van der Waals surface area (Å²) in [4.78, 5) is 8.80. The number of anilines is 3. The van der Waals surface area contributed by atoms with Crippen LogP contribution in [0.25, 0.3) is 11.3 Å². The molecule has 0 radical (unpaired) electrons. The molecular formula is C23H22FN5O2. The van der Waals surface area contributed by atoms with E-state index in [2.05, 4.69) is 26.7 Å². The molecule has 0 unspecified atom stereocenters. The zero-order valence-electron chi connectivity index (χ0n) is 17.2. The maximum absolute atomic E-state index is 13.9. The first kappa shape index (κ1) is 20.7. The molecule has 7 nitrogen and oxygen atoms in total. The third kappa shape index (κ3) is 3.69.